The Labute approximate surface area is 125 Å². The van der Waals surface area contributed by atoms with Gasteiger partial charge in [0, 0.05) is 24.2 Å². The second kappa shape index (κ2) is 7.11. The molecule has 0 aliphatic carbocycles. The van der Waals surface area contributed by atoms with Crippen molar-refractivity contribution in [2.45, 2.75) is 32.6 Å². The average molecular weight is 289 g/mol. The molecule has 1 aromatic rings. The topological polar surface area (TPSA) is 78.9 Å². The van der Waals surface area contributed by atoms with E-state index in [1.807, 2.05) is 4.90 Å². The monoisotopic (exact) mass is 289 g/mol. The van der Waals surface area contributed by atoms with E-state index in [0.717, 1.165) is 31.8 Å². The number of carbonyl (C=O) groups is 1. The summed E-state index contributed by atoms with van der Waals surface area (Å²) in [5.41, 5.74) is 6.78. The van der Waals surface area contributed by atoms with E-state index in [0.29, 0.717) is 11.1 Å². The standard InChI is InChI=1S/C16H23N3O2/c1-2-12-4-3-10-19(11-9-12)16(20)14-7-5-13(6-8-14)15(17)18-21/h5-8,12,21H,2-4,9-11H2,1H3,(H2,17,18). The lowest BCUT2D eigenvalue weighted by Crippen LogP contribution is -2.32. The highest BCUT2D eigenvalue weighted by Gasteiger charge is 2.20. The molecule has 0 aromatic heterocycles. The summed E-state index contributed by atoms with van der Waals surface area (Å²) in [5.74, 6) is 0.859. The van der Waals surface area contributed by atoms with Crippen molar-refractivity contribution in [3.05, 3.63) is 35.4 Å². The van der Waals surface area contributed by atoms with Crippen molar-refractivity contribution < 1.29 is 10.0 Å². The number of hydrogen-bond acceptors (Lipinski definition) is 3. The van der Waals surface area contributed by atoms with Crippen molar-refractivity contribution in [2.24, 2.45) is 16.8 Å². The van der Waals surface area contributed by atoms with Crippen LogP contribution in [0.15, 0.2) is 29.4 Å². The van der Waals surface area contributed by atoms with Crippen molar-refractivity contribution in [1.82, 2.24) is 4.90 Å². The lowest BCUT2D eigenvalue weighted by molar-refractivity contribution is 0.0760. The third-order valence-electron chi connectivity index (χ3n) is 4.25. The van der Waals surface area contributed by atoms with Crippen LogP contribution in [0.5, 0.6) is 0 Å². The van der Waals surface area contributed by atoms with E-state index in [1.54, 1.807) is 24.3 Å². The minimum Gasteiger partial charge on any atom is -0.409 e. The Kier molecular flexibility index (Phi) is 5.20. The van der Waals surface area contributed by atoms with Gasteiger partial charge in [-0.25, -0.2) is 0 Å². The fraction of sp³-hybridized carbons (Fsp3) is 0.500. The number of hydrogen-bond donors (Lipinski definition) is 2. The van der Waals surface area contributed by atoms with Gasteiger partial charge in [0.15, 0.2) is 5.84 Å². The van der Waals surface area contributed by atoms with Crippen molar-refractivity contribution in [3.63, 3.8) is 0 Å². The number of benzene rings is 1. The second-order valence-electron chi connectivity index (χ2n) is 5.56. The number of nitrogens with two attached hydrogens (primary N) is 1. The first-order chi connectivity index (χ1) is 10.2. The molecule has 0 bridgehead atoms. The zero-order valence-corrected chi connectivity index (χ0v) is 12.5. The van der Waals surface area contributed by atoms with Crippen molar-refractivity contribution in [1.29, 1.82) is 0 Å². The van der Waals surface area contributed by atoms with Crippen LogP contribution < -0.4 is 5.73 Å². The van der Waals surface area contributed by atoms with Gasteiger partial charge in [0.2, 0.25) is 0 Å². The van der Waals surface area contributed by atoms with Gasteiger partial charge in [-0.05, 0) is 37.3 Å². The van der Waals surface area contributed by atoms with Crippen LogP contribution in [0, 0.1) is 5.92 Å². The van der Waals surface area contributed by atoms with Crippen LogP contribution in [-0.4, -0.2) is 34.9 Å². The summed E-state index contributed by atoms with van der Waals surface area (Å²) in [6, 6.07) is 6.87. The molecule has 114 valence electrons. The summed E-state index contributed by atoms with van der Waals surface area (Å²) in [7, 11) is 0. The highest BCUT2D eigenvalue weighted by molar-refractivity contribution is 5.99. The van der Waals surface area contributed by atoms with Gasteiger partial charge in [-0.1, -0.05) is 30.6 Å². The second-order valence-corrected chi connectivity index (χ2v) is 5.56. The average Bonchev–Trinajstić information content (AvgIpc) is 2.79. The fourth-order valence-electron chi connectivity index (χ4n) is 2.80. The molecule has 1 aliphatic rings. The van der Waals surface area contributed by atoms with Gasteiger partial charge in [-0.3, -0.25) is 4.79 Å². The Balaban J connectivity index is 2.06. The Hall–Kier alpha value is -2.04. The molecule has 2 rings (SSSR count). The predicted molar refractivity (Wildman–Crippen MR) is 82.5 cm³/mol. The van der Waals surface area contributed by atoms with Crippen LogP contribution in [0.3, 0.4) is 0 Å². The van der Waals surface area contributed by atoms with Crippen LogP contribution in [0.2, 0.25) is 0 Å². The van der Waals surface area contributed by atoms with E-state index < -0.39 is 0 Å². The first kappa shape index (κ1) is 15.4. The van der Waals surface area contributed by atoms with Gasteiger partial charge in [0.25, 0.3) is 5.91 Å². The number of nitrogens with zero attached hydrogens (tertiary/aromatic N) is 2. The minimum absolute atomic E-state index is 0.0505. The van der Waals surface area contributed by atoms with E-state index in [9.17, 15) is 4.79 Å². The van der Waals surface area contributed by atoms with Gasteiger partial charge in [-0.15, -0.1) is 0 Å². The SMILES string of the molecule is CCC1CCCN(C(=O)c2ccc(C(N)=NO)cc2)CC1. The van der Waals surface area contributed by atoms with Crippen LogP contribution >= 0.6 is 0 Å². The Morgan fingerprint density at radius 1 is 1.29 bits per heavy atom. The zero-order valence-electron chi connectivity index (χ0n) is 12.5. The van der Waals surface area contributed by atoms with Gasteiger partial charge >= 0.3 is 0 Å². The van der Waals surface area contributed by atoms with Crippen molar-refractivity contribution in [3.8, 4) is 0 Å². The summed E-state index contributed by atoms with van der Waals surface area (Å²) < 4.78 is 0. The molecule has 5 nitrogen and oxygen atoms in total. The summed E-state index contributed by atoms with van der Waals surface area (Å²) in [6.45, 7) is 3.88. The Morgan fingerprint density at radius 2 is 1.95 bits per heavy atom. The van der Waals surface area contributed by atoms with E-state index in [-0.39, 0.29) is 11.7 Å². The predicted octanol–water partition coefficient (Wildman–Crippen LogP) is 2.43. The molecule has 1 unspecified atom stereocenters. The first-order valence-electron chi connectivity index (χ1n) is 7.53. The summed E-state index contributed by atoms with van der Waals surface area (Å²) >= 11 is 0. The van der Waals surface area contributed by atoms with E-state index in [4.69, 9.17) is 10.9 Å². The quantitative estimate of drug-likeness (QED) is 0.388. The number of rotatable bonds is 3. The van der Waals surface area contributed by atoms with Gasteiger partial charge in [0.1, 0.15) is 0 Å². The summed E-state index contributed by atoms with van der Waals surface area (Å²) in [4.78, 5) is 14.5. The third kappa shape index (κ3) is 3.74. The van der Waals surface area contributed by atoms with Crippen LogP contribution in [0.4, 0.5) is 0 Å². The number of likely N-dealkylation sites (tertiary alicyclic amines) is 1. The zero-order chi connectivity index (χ0) is 15.2. The summed E-state index contributed by atoms with van der Waals surface area (Å²) in [6.07, 6.45) is 4.57. The van der Waals surface area contributed by atoms with E-state index in [2.05, 4.69) is 12.1 Å². The lowest BCUT2D eigenvalue weighted by Gasteiger charge is -2.20. The minimum atomic E-state index is 0.0505. The molecule has 1 heterocycles. The van der Waals surface area contributed by atoms with E-state index in [1.165, 1.54) is 12.8 Å². The molecule has 1 aromatic carbocycles. The molecule has 1 aliphatic heterocycles. The molecule has 1 atom stereocenters. The number of amidine groups is 1. The largest absolute Gasteiger partial charge is 0.409 e. The maximum atomic E-state index is 12.5. The van der Waals surface area contributed by atoms with Crippen LogP contribution in [-0.2, 0) is 0 Å². The number of amides is 1. The molecule has 0 spiro atoms. The van der Waals surface area contributed by atoms with Crippen molar-refractivity contribution >= 4 is 11.7 Å². The molecular formula is C16H23N3O2. The molecule has 1 fully saturated rings. The number of oxime groups is 1. The highest BCUT2D eigenvalue weighted by atomic mass is 16.4. The van der Waals surface area contributed by atoms with Crippen LogP contribution in [0.1, 0.15) is 48.5 Å². The number of carbonyl (C=O) groups excluding carboxylic acids is 1. The molecule has 0 saturated carbocycles. The maximum Gasteiger partial charge on any atom is 0.253 e. The molecule has 0 radical (unpaired) electrons. The van der Waals surface area contributed by atoms with Gasteiger partial charge in [0.05, 0.1) is 0 Å². The maximum absolute atomic E-state index is 12.5. The fourth-order valence-corrected chi connectivity index (χ4v) is 2.80. The molecule has 21 heavy (non-hydrogen) atoms. The molecule has 1 saturated heterocycles. The lowest BCUT2D eigenvalue weighted by atomic mass is 9.98. The molecule has 3 N–H and O–H groups in total. The normalized spacial score (nSPS) is 20.1. The van der Waals surface area contributed by atoms with Crippen LogP contribution in [0.25, 0.3) is 0 Å². The third-order valence-corrected chi connectivity index (χ3v) is 4.25. The molecule has 5 heteroatoms. The summed E-state index contributed by atoms with van der Waals surface area (Å²) in [5, 5.41) is 11.6. The van der Waals surface area contributed by atoms with Crippen molar-refractivity contribution in [2.75, 3.05) is 13.1 Å². The highest BCUT2D eigenvalue weighted by Crippen LogP contribution is 2.21. The Morgan fingerprint density at radius 3 is 2.57 bits per heavy atom. The Bertz CT molecular complexity index is 511. The first-order valence-corrected chi connectivity index (χ1v) is 7.53. The van der Waals surface area contributed by atoms with E-state index >= 15 is 0 Å². The molecular weight excluding hydrogens is 266 g/mol. The molecule has 1 amide bonds. The van der Waals surface area contributed by atoms with Gasteiger partial charge < -0.3 is 15.8 Å². The van der Waals surface area contributed by atoms with Gasteiger partial charge in [-0.2, -0.15) is 0 Å². The smallest absolute Gasteiger partial charge is 0.253 e.